The zero-order valence-corrected chi connectivity index (χ0v) is 12.7. The van der Waals surface area contributed by atoms with Crippen molar-refractivity contribution in [1.82, 2.24) is 0 Å². The largest absolute Gasteiger partial charge is 0.496 e. The number of fused-ring (bicyclic) bond motifs is 1. The SMILES string of the molecule is COc1cccc(OC)c1-c1oc2ccccc2c1Br. The van der Waals surface area contributed by atoms with Crippen molar-refractivity contribution in [2.45, 2.75) is 0 Å². The minimum Gasteiger partial charge on any atom is -0.496 e. The van der Waals surface area contributed by atoms with Gasteiger partial charge in [0, 0.05) is 5.39 Å². The second kappa shape index (κ2) is 5.21. The summed E-state index contributed by atoms with van der Waals surface area (Å²) < 4.78 is 17.7. The summed E-state index contributed by atoms with van der Waals surface area (Å²) in [6.45, 7) is 0. The van der Waals surface area contributed by atoms with E-state index in [1.807, 2.05) is 42.5 Å². The van der Waals surface area contributed by atoms with E-state index in [2.05, 4.69) is 15.9 Å². The average Bonchev–Trinajstić information content (AvgIpc) is 2.83. The number of furan rings is 1. The lowest BCUT2D eigenvalue weighted by atomic mass is 10.1. The van der Waals surface area contributed by atoms with Gasteiger partial charge in [0.15, 0.2) is 5.76 Å². The molecule has 0 saturated carbocycles. The Bertz CT molecular complexity index is 739. The molecule has 0 N–H and O–H groups in total. The smallest absolute Gasteiger partial charge is 0.157 e. The first-order valence-electron chi connectivity index (χ1n) is 6.14. The van der Waals surface area contributed by atoms with Gasteiger partial charge < -0.3 is 13.9 Å². The summed E-state index contributed by atoms with van der Waals surface area (Å²) in [5.41, 5.74) is 1.63. The highest BCUT2D eigenvalue weighted by atomic mass is 79.9. The van der Waals surface area contributed by atoms with E-state index in [0.717, 1.165) is 21.0 Å². The Hall–Kier alpha value is -1.94. The van der Waals surface area contributed by atoms with Gasteiger partial charge in [-0.3, -0.25) is 0 Å². The van der Waals surface area contributed by atoms with Gasteiger partial charge >= 0.3 is 0 Å². The van der Waals surface area contributed by atoms with Gasteiger partial charge in [0.1, 0.15) is 22.6 Å². The van der Waals surface area contributed by atoms with Crippen LogP contribution in [0.5, 0.6) is 11.5 Å². The molecule has 0 unspecified atom stereocenters. The summed E-state index contributed by atoms with van der Waals surface area (Å²) in [6.07, 6.45) is 0. The van der Waals surface area contributed by atoms with Gasteiger partial charge in [-0.2, -0.15) is 0 Å². The Balaban J connectivity index is 2.33. The number of rotatable bonds is 3. The van der Waals surface area contributed by atoms with Gasteiger partial charge in [-0.05, 0) is 40.2 Å². The fourth-order valence-electron chi connectivity index (χ4n) is 2.25. The van der Waals surface area contributed by atoms with Crippen molar-refractivity contribution in [1.29, 1.82) is 0 Å². The molecule has 0 amide bonds. The second-order valence-corrected chi connectivity index (χ2v) is 5.07. The van der Waals surface area contributed by atoms with E-state index in [1.54, 1.807) is 14.2 Å². The predicted octanol–water partition coefficient (Wildman–Crippen LogP) is 4.88. The van der Waals surface area contributed by atoms with Crippen molar-refractivity contribution < 1.29 is 13.9 Å². The van der Waals surface area contributed by atoms with Gasteiger partial charge in [-0.1, -0.05) is 18.2 Å². The third-order valence-corrected chi connectivity index (χ3v) is 3.98. The van der Waals surface area contributed by atoms with Crippen molar-refractivity contribution in [2.24, 2.45) is 0 Å². The molecule has 0 bridgehead atoms. The molecule has 2 aromatic carbocycles. The van der Waals surface area contributed by atoms with Crippen LogP contribution in [0.15, 0.2) is 51.4 Å². The highest BCUT2D eigenvalue weighted by Crippen LogP contribution is 2.45. The molecule has 102 valence electrons. The van der Waals surface area contributed by atoms with Crippen LogP contribution in [0, 0.1) is 0 Å². The van der Waals surface area contributed by atoms with Gasteiger partial charge in [-0.15, -0.1) is 0 Å². The molecular weight excluding hydrogens is 320 g/mol. The maximum absolute atomic E-state index is 5.96. The lowest BCUT2D eigenvalue weighted by Gasteiger charge is -2.11. The molecule has 3 nitrogen and oxygen atoms in total. The molecule has 0 radical (unpaired) electrons. The molecule has 0 fully saturated rings. The summed E-state index contributed by atoms with van der Waals surface area (Å²) in [6, 6.07) is 13.5. The zero-order chi connectivity index (χ0) is 14.1. The van der Waals surface area contributed by atoms with Crippen molar-refractivity contribution in [3.63, 3.8) is 0 Å². The molecule has 3 rings (SSSR count). The first-order valence-corrected chi connectivity index (χ1v) is 6.94. The Morgan fingerprint density at radius 3 is 2.15 bits per heavy atom. The Kier molecular flexibility index (Phi) is 3.40. The molecule has 0 atom stereocenters. The van der Waals surface area contributed by atoms with Crippen molar-refractivity contribution in [3.05, 3.63) is 46.9 Å². The predicted molar refractivity (Wildman–Crippen MR) is 82.5 cm³/mol. The highest BCUT2D eigenvalue weighted by molar-refractivity contribution is 9.10. The number of para-hydroxylation sites is 1. The maximum Gasteiger partial charge on any atom is 0.157 e. The third-order valence-electron chi connectivity index (χ3n) is 3.19. The van der Waals surface area contributed by atoms with Crippen LogP contribution >= 0.6 is 15.9 Å². The second-order valence-electron chi connectivity index (χ2n) is 4.28. The quantitative estimate of drug-likeness (QED) is 0.685. The Labute approximate surface area is 125 Å². The maximum atomic E-state index is 5.96. The molecule has 3 aromatic rings. The lowest BCUT2D eigenvalue weighted by Crippen LogP contribution is -1.92. The first kappa shape index (κ1) is 13.1. The standard InChI is InChI=1S/C16H13BrO3/c1-18-12-8-5-9-13(19-2)14(12)16-15(17)10-6-3-4-7-11(10)20-16/h3-9H,1-2H3. The van der Waals surface area contributed by atoms with Gasteiger partial charge in [-0.25, -0.2) is 0 Å². The van der Waals surface area contributed by atoms with Gasteiger partial charge in [0.05, 0.1) is 18.7 Å². The zero-order valence-electron chi connectivity index (χ0n) is 11.1. The fourth-order valence-corrected chi connectivity index (χ4v) is 2.86. The number of ether oxygens (including phenoxy) is 2. The van der Waals surface area contributed by atoms with Crippen LogP contribution < -0.4 is 9.47 Å². The van der Waals surface area contributed by atoms with Crippen molar-refractivity contribution in [3.8, 4) is 22.8 Å². The topological polar surface area (TPSA) is 31.6 Å². The number of halogens is 1. The molecule has 0 aliphatic rings. The monoisotopic (exact) mass is 332 g/mol. The normalized spacial score (nSPS) is 10.8. The fraction of sp³-hybridized carbons (Fsp3) is 0.125. The van der Waals surface area contributed by atoms with E-state index in [4.69, 9.17) is 13.9 Å². The van der Waals surface area contributed by atoms with Crippen LogP contribution in [0.3, 0.4) is 0 Å². The molecule has 20 heavy (non-hydrogen) atoms. The van der Waals surface area contributed by atoms with E-state index >= 15 is 0 Å². The van der Waals surface area contributed by atoms with E-state index in [-0.39, 0.29) is 0 Å². The molecule has 0 spiro atoms. The molecule has 1 heterocycles. The molecular formula is C16H13BrO3. The van der Waals surface area contributed by atoms with Gasteiger partial charge in [0.25, 0.3) is 0 Å². The van der Waals surface area contributed by atoms with Crippen LogP contribution in [0.4, 0.5) is 0 Å². The lowest BCUT2D eigenvalue weighted by molar-refractivity contribution is 0.395. The summed E-state index contributed by atoms with van der Waals surface area (Å²) in [5, 5.41) is 1.02. The van der Waals surface area contributed by atoms with Crippen molar-refractivity contribution in [2.75, 3.05) is 14.2 Å². The van der Waals surface area contributed by atoms with Gasteiger partial charge in [0.2, 0.25) is 0 Å². The minimum absolute atomic E-state index is 0.709. The first-order chi connectivity index (χ1) is 9.76. The van der Waals surface area contributed by atoms with Crippen LogP contribution in [0.1, 0.15) is 0 Å². The van der Waals surface area contributed by atoms with Crippen LogP contribution in [-0.4, -0.2) is 14.2 Å². The summed E-state index contributed by atoms with van der Waals surface area (Å²) in [5.74, 6) is 2.13. The van der Waals surface area contributed by atoms with Crippen LogP contribution in [-0.2, 0) is 0 Å². The van der Waals surface area contributed by atoms with E-state index in [1.165, 1.54) is 0 Å². The molecule has 0 aliphatic carbocycles. The average molecular weight is 333 g/mol. The summed E-state index contributed by atoms with van der Waals surface area (Å²) >= 11 is 3.61. The molecule has 0 aliphatic heterocycles. The number of methoxy groups -OCH3 is 2. The van der Waals surface area contributed by atoms with Crippen LogP contribution in [0.25, 0.3) is 22.3 Å². The summed E-state index contributed by atoms with van der Waals surface area (Å²) in [4.78, 5) is 0. The number of benzene rings is 2. The van der Waals surface area contributed by atoms with E-state index in [0.29, 0.717) is 17.3 Å². The number of hydrogen-bond acceptors (Lipinski definition) is 3. The van der Waals surface area contributed by atoms with Crippen LogP contribution in [0.2, 0.25) is 0 Å². The molecule has 4 heteroatoms. The minimum atomic E-state index is 0.709. The molecule has 0 saturated heterocycles. The Morgan fingerprint density at radius 1 is 0.900 bits per heavy atom. The Morgan fingerprint density at radius 2 is 1.55 bits per heavy atom. The van der Waals surface area contributed by atoms with Crippen molar-refractivity contribution >= 4 is 26.9 Å². The highest BCUT2D eigenvalue weighted by Gasteiger charge is 2.20. The van der Waals surface area contributed by atoms with E-state index in [9.17, 15) is 0 Å². The summed E-state index contributed by atoms with van der Waals surface area (Å²) in [7, 11) is 3.27. The molecule has 1 aromatic heterocycles. The van der Waals surface area contributed by atoms with E-state index < -0.39 is 0 Å². The third kappa shape index (κ3) is 1.96. The number of hydrogen-bond donors (Lipinski definition) is 0.